The van der Waals surface area contributed by atoms with Gasteiger partial charge in [-0.3, -0.25) is 9.69 Å². The van der Waals surface area contributed by atoms with Gasteiger partial charge in [0, 0.05) is 11.8 Å². The zero-order valence-corrected chi connectivity index (χ0v) is 15.4. The van der Waals surface area contributed by atoms with Crippen LogP contribution in [0, 0.1) is 11.6 Å². The molecular formula is C19H17F2N5O3. The van der Waals surface area contributed by atoms with Gasteiger partial charge in [0.05, 0.1) is 30.9 Å². The van der Waals surface area contributed by atoms with Gasteiger partial charge in [0.15, 0.2) is 0 Å². The number of hydrogen-bond acceptors (Lipinski definition) is 4. The smallest absolute Gasteiger partial charge is 0.414 e. The zero-order chi connectivity index (χ0) is 21.0. The fraction of sp³-hybridized carbons (Fsp3) is 0.263. The maximum absolute atomic E-state index is 14.7. The summed E-state index contributed by atoms with van der Waals surface area (Å²) in [5.74, 6) is -1.94. The number of cyclic esters (lactones) is 1. The number of carbonyl (C=O) groups is 2. The standard InChI is InChI=1S/C19H17F2N5O3/c1-11(27)23-9-15-10-26(19(28)29-15)14-6-16(20)18(17(21)7-14)13-4-2-12(3-5-13)8-24-25-22/h2-7,15H,8-10H2,1H3,(H,23,27)/t15-/m0/s1. The summed E-state index contributed by atoms with van der Waals surface area (Å²) in [5.41, 5.74) is 9.15. The first-order valence-corrected chi connectivity index (χ1v) is 8.71. The number of amides is 2. The number of ether oxygens (including phenoxy) is 1. The summed E-state index contributed by atoms with van der Waals surface area (Å²) in [7, 11) is 0. The molecule has 10 heteroatoms. The third-order valence-corrected chi connectivity index (χ3v) is 4.35. The van der Waals surface area contributed by atoms with Gasteiger partial charge in [0.25, 0.3) is 0 Å². The van der Waals surface area contributed by atoms with E-state index in [0.717, 1.165) is 17.0 Å². The van der Waals surface area contributed by atoms with Gasteiger partial charge in [-0.15, -0.1) is 0 Å². The maximum Gasteiger partial charge on any atom is 0.414 e. The van der Waals surface area contributed by atoms with Crippen LogP contribution in [0.15, 0.2) is 41.5 Å². The van der Waals surface area contributed by atoms with E-state index in [1.807, 2.05) is 0 Å². The van der Waals surface area contributed by atoms with Crippen molar-refractivity contribution in [3.63, 3.8) is 0 Å². The molecule has 0 unspecified atom stereocenters. The quantitative estimate of drug-likeness (QED) is 0.450. The Morgan fingerprint density at radius 1 is 1.31 bits per heavy atom. The van der Waals surface area contributed by atoms with Crippen molar-refractivity contribution in [2.45, 2.75) is 19.6 Å². The maximum atomic E-state index is 14.7. The Labute approximate surface area is 164 Å². The molecule has 1 aliphatic heterocycles. The van der Waals surface area contributed by atoms with E-state index < -0.39 is 23.8 Å². The summed E-state index contributed by atoms with van der Waals surface area (Å²) >= 11 is 0. The number of carbonyl (C=O) groups excluding carboxylic acids is 2. The van der Waals surface area contributed by atoms with Crippen molar-refractivity contribution in [1.29, 1.82) is 0 Å². The SMILES string of the molecule is CC(=O)NC[C@H]1CN(c2cc(F)c(-c3ccc(CN=[N+]=[N-])cc3)c(F)c2)C(=O)O1. The van der Waals surface area contributed by atoms with Crippen LogP contribution in [0.3, 0.4) is 0 Å². The van der Waals surface area contributed by atoms with Gasteiger partial charge < -0.3 is 10.1 Å². The summed E-state index contributed by atoms with van der Waals surface area (Å²) in [4.78, 5) is 26.8. The molecule has 0 bridgehead atoms. The van der Waals surface area contributed by atoms with Gasteiger partial charge in [-0.05, 0) is 28.8 Å². The predicted molar refractivity (Wildman–Crippen MR) is 101 cm³/mol. The highest BCUT2D eigenvalue weighted by atomic mass is 19.1. The lowest BCUT2D eigenvalue weighted by atomic mass is 10.0. The molecule has 1 atom stereocenters. The van der Waals surface area contributed by atoms with E-state index in [-0.39, 0.29) is 36.8 Å². The van der Waals surface area contributed by atoms with Crippen molar-refractivity contribution in [2.24, 2.45) is 5.11 Å². The number of halogens is 2. The first kappa shape index (κ1) is 20.1. The summed E-state index contributed by atoms with van der Waals surface area (Å²) in [6.07, 6.45) is -1.35. The monoisotopic (exact) mass is 401 g/mol. The van der Waals surface area contributed by atoms with E-state index in [0.29, 0.717) is 11.1 Å². The van der Waals surface area contributed by atoms with E-state index in [1.54, 1.807) is 12.1 Å². The Kier molecular flexibility index (Phi) is 5.94. The largest absolute Gasteiger partial charge is 0.442 e. The predicted octanol–water partition coefficient (Wildman–Crippen LogP) is 3.90. The number of nitrogens with zero attached hydrogens (tertiary/aromatic N) is 4. The Morgan fingerprint density at radius 2 is 1.97 bits per heavy atom. The number of rotatable bonds is 6. The minimum absolute atomic E-state index is 0.0269. The number of azide groups is 1. The molecule has 3 rings (SSSR count). The van der Waals surface area contributed by atoms with Crippen LogP contribution in [0.2, 0.25) is 0 Å². The summed E-state index contributed by atoms with van der Waals surface area (Å²) in [5, 5.41) is 5.96. The van der Waals surface area contributed by atoms with Crippen molar-refractivity contribution in [2.75, 3.05) is 18.0 Å². The lowest BCUT2D eigenvalue weighted by Gasteiger charge is -2.15. The molecule has 2 aromatic carbocycles. The van der Waals surface area contributed by atoms with E-state index in [4.69, 9.17) is 10.3 Å². The molecule has 0 saturated carbocycles. The van der Waals surface area contributed by atoms with E-state index >= 15 is 0 Å². The highest BCUT2D eigenvalue weighted by Crippen LogP contribution is 2.32. The molecule has 1 N–H and O–H groups in total. The molecule has 1 heterocycles. The fourth-order valence-corrected chi connectivity index (χ4v) is 2.98. The molecule has 1 aliphatic rings. The molecule has 0 aromatic heterocycles. The van der Waals surface area contributed by atoms with E-state index in [2.05, 4.69) is 15.3 Å². The summed E-state index contributed by atoms with van der Waals surface area (Å²) in [6.45, 7) is 1.65. The zero-order valence-electron chi connectivity index (χ0n) is 15.4. The third kappa shape index (κ3) is 4.61. The topological polar surface area (TPSA) is 107 Å². The van der Waals surface area contributed by atoms with Gasteiger partial charge in [0.1, 0.15) is 17.7 Å². The Balaban J connectivity index is 1.81. The van der Waals surface area contributed by atoms with E-state index in [9.17, 15) is 18.4 Å². The normalized spacial score (nSPS) is 15.6. The van der Waals surface area contributed by atoms with Crippen LogP contribution < -0.4 is 10.2 Å². The van der Waals surface area contributed by atoms with Gasteiger partial charge in [-0.2, -0.15) is 0 Å². The third-order valence-electron chi connectivity index (χ3n) is 4.35. The highest BCUT2D eigenvalue weighted by molar-refractivity contribution is 5.90. The van der Waals surface area contributed by atoms with Gasteiger partial charge in [-0.1, -0.05) is 29.4 Å². The van der Waals surface area contributed by atoms with Crippen LogP contribution in [0.25, 0.3) is 21.6 Å². The average Bonchev–Trinajstić information content (AvgIpc) is 3.06. The molecule has 8 nitrogen and oxygen atoms in total. The van der Waals surface area contributed by atoms with Crippen molar-refractivity contribution < 1.29 is 23.1 Å². The Hall–Kier alpha value is -3.65. The molecule has 150 valence electrons. The molecule has 29 heavy (non-hydrogen) atoms. The second-order valence-corrected chi connectivity index (χ2v) is 6.42. The average molecular weight is 401 g/mol. The van der Waals surface area contributed by atoms with E-state index in [1.165, 1.54) is 19.1 Å². The second kappa shape index (κ2) is 8.57. The van der Waals surface area contributed by atoms with Gasteiger partial charge in [0.2, 0.25) is 5.91 Å². The summed E-state index contributed by atoms with van der Waals surface area (Å²) in [6, 6.07) is 8.40. The summed E-state index contributed by atoms with van der Waals surface area (Å²) < 4.78 is 34.5. The second-order valence-electron chi connectivity index (χ2n) is 6.42. The van der Waals surface area contributed by atoms with Gasteiger partial charge >= 0.3 is 6.09 Å². The lowest BCUT2D eigenvalue weighted by Crippen LogP contribution is -2.33. The van der Waals surface area contributed by atoms with Crippen molar-refractivity contribution in [1.82, 2.24) is 5.32 Å². The van der Waals surface area contributed by atoms with Crippen LogP contribution in [0.1, 0.15) is 12.5 Å². The van der Waals surface area contributed by atoms with Crippen molar-refractivity contribution in [3.8, 4) is 11.1 Å². The Bertz CT molecular complexity index is 967. The first-order chi connectivity index (χ1) is 13.9. The minimum Gasteiger partial charge on any atom is -0.442 e. The van der Waals surface area contributed by atoms with Crippen molar-refractivity contribution in [3.05, 3.63) is 64.0 Å². The molecule has 2 aromatic rings. The molecule has 2 amide bonds. The van der Waals surface area contributed by atoms with Gasteiger partial charge in [-0.25, -0.2) is 13.6 Å². The molecule has 1 fully saturated rings. The number of nitrogens with one attached hydrogen (secondary N) is 1. The fourth-order valence-electron chi connectivity index (χ4n) is 2.98. The van der Waals surface area contributed by atoms with Crippen LogP contribution in [-0.2, 0) is 16.1 Å². The highest BCUT2D eigenvalue weighted by Gasteiger charge is 2.33. The van der Waals surface area contributed by atoms with Crippen LogP contribution in [-0.4, -0.2) is 31.2 Å². The molecule has 0 spiro atoms. The first-order valence-electron chi connectivity index (χ1n) is 8.71. The van der Waals surface area contributed by atoms with Crippen molar-refractivity contribution >= 4 is 17.7 Å². The van der Waals surface area contributed by atoms with Crippen LogP contribution in [0.4, 0.5) is 19.3 Å². The molecule has 0 aliphatic carbocycles. The Morgan fingerprint density at radius 3 is 2.55 bits per heavy atom. The number of benzene rings is 2. The number of anilines is 1. The molecule has 1 saturated heterocycles. The lowest BCUT2D eigenvalue weighted by molar-refractivity contribution is -0.119. The van der Waals surface area contributed by atoms with Crippen LogP contribution >= 0.6 is 0 Å². The molecular weight excluding hydrogens is 384 g/mol. The number of hydrogen-bond donors (Lipinski definition) is 1. The minimum atomic E-state index is -0.832. The van der Waals surface area contributed by atoms with Crippen LogP contribution in [0.5, 0.6) is 0 Å². The molecule has 0 radical (unpaired) electrons.